The number of amidine groups is 1. The van der Waals surface area contributed by atoms with Gasteiger partial charge in [0, 0.05) is 19.5 Å². The van der Waals surface area contributed by atoms with Gasteiger partial charge in [0.25, 0.3) is 0 Å². The number of ether oxygens (including phenoxy) is 1. The van der Waals surface area contributed by atoms with Crippen LogP contribution < -0.4 is 4.74 Å². The number of aliphatic imine (C=N–C) groups is 1. The fourth-order valence-corrected chi connectivity index (χ4v) is 2.04. The minimum absolute atomic E-state index is 0.629. The molecule has 0 radical (unpaired) electrons. The zero-order valence-corrected chi connectivity index (χ0v) is 13.4. The molecule has 0 spiro atoms. The van der Waals surface area contributed by atoms with Gasteiger partial charge >= 0.3 is 0 Å². The first-order chi connectivity index (χ1) is 9.53. The van der Waals surface area contributed by atoms with Crippen molar-refractivity contribution in [2.75, 3.05) is 13.1 Å². The molecule has 1 rings (SSSR count). The van der Waals surface area contributed by atoms with Crippen LogP contribution in [0, 0.1) is 13.8 Å². The summed E-state index contributed by atoms with van der Waals surface area (Å²) in [5.41, 5.74) is 2.48. The lowest BCUT2D eigenvalue weighted by atomic mass is 10.1. The molecule has 0 saturated heterocycles. The first kappa shape index (κ1) is 16.3. The molecule has 0 saturated carbocycles. The molecule has 0 aliphatic carbocycles. The van der Waals surface area contributed by atoms with Gasteiger partial charge in [-0.05, 0) is 57.5 Å². The highest BCUT2D eigenvalue weighted by atomic mass is 16.5. The minimum Gasteiger partial charge on any atom is -0.441 e. The normalized spacial score (nSPS) is 11.3. The van der Waals surface area contributed by atoms with E-state index in [4.69, 9.17) is 4.74 Å². The zero-order chi connectivity index (χ0) is 15.1. The zero-order valence-electron chi connectivity index (χ0n) is 13.4. The summed E-state index contributed by atoms with van der Waals surface area (Å²) in [5, 5.41) is 0. The van der Waals surface area contributed by atoms with Crippen molar-refractivity contribution in [3.8, 4) is 5.75 Å². The predicted octanol–water partition coefficient (Wildman–Crippen LogP) is 4.30. The van der Waals surface area contributed by atoms with E-state index in [9.17, 15) is 0 Å². The molecule has 0 heterocycles. The van der Waals surface area contributed by atoms with E-state index in [0.717, 1.165) is 31.1 Å². The largest absolute Gasteiger partial charge is 0.441 e. The maximum atomic E-state index is 5.88. The van der Waals surface area contributed by atoms with E-state index in [0.29, 0.717) is 5.88 Å². The Hall–Kier alpha value is -1.77. The van der Waals surface area contributed by atoms with Crippen molar-refractivity contribution in [1.82, 2.24) is 4.90 Å². The van der Waals surface area contributed by atoms with Crippen LogP contribution in [0.3, 0.4) is 0 Å². The Kier molecular flexibility index (Phi) is 6.29. The van der Waals surface area contributed by atoms with Crippen LogP contribution in [0.5, 0.6) is 5.75 Å². The lowest BCUT2D eigenvalue weighted by molar-refractivity contribution is 0.297. The standard InChI is InChI=1S/C17H26N2O/c1-7-17(18-8-2)19(9-3)15(6)20-16-11-10-13(4)14(5)12-16/h10-12H,6-9H2,1-5H3. The van der Waals surface area contributed by atoms with Gasteiger partial charge in [-0.2, -0.15) is 0 Å². The molecule has 0 aliphatic heterocycles. The third kappa shape index (κ3) is 4.12. The molecule has 3 nitrogen and oxygen atoms in total. The van der Waals surface area contributed by atoms with Gasteiger partial charge in [-0.1, -0.05) is 13.0 Å². The number of benzene rings is 1. The van der Waals surface area contributed by atoms with E-state index < -0.39 is 0 Å². The molecule has 0 N–H and O–H groups in total. The quantitative estimate of drug-likeness (QED) is 0.439. The summed E-state index contributed by atoms with van der Waals surface area (Å²) < 4.78 is 5.88. The fraction of sp³-hybridized carbons (Fsp3) is 0.471. The second kappa shape index (κ2) is 7.73. The molecule has 0 atom stereocenters. The summed E-state index contributed by atoms with van der Waals surface area (Å²) in [6.45, 7) is 16.0. The molecular formula is C17H26N2O. The van der Waals surface area contributed by atoms with Crippen LogP contribution in [0.2, 0.25) is 0 Å². The van der Waals surface area contributed by atoms with Crippen molar-refractivity contribution in [3.05, 3.63) is 41.8 Å². The van der Waals surface area contributed by atoms with Crippen molar-refractivity contribution in [2.24, 2.45) is 4.99 Å². The Morgan fingerprint density at radius 1 is 1.20 bits per heavy atom. The lowest BCUT2D eigenvalue weighted by Crippen LogP contribution is -2.31. The molecule has 0 aromatic heterocycles. The van der Waals surface area contributed by atoms with Gasteiger partial charge in [-0.15, -0.1) is 0 Å². The first-order valence-electron chi connectivity index (χ1n) is 7.28. The summed E-state index contributed by atoms with van der Waals surface area (Å²) in [6.07, 6.45) is 0.872. The van der Waals surface area contributed by atoms with Crippen molar-refractivity contribution < 1.29 is 4.74 Å². The lowest BCUT2D eigenvalue weighted by Gasteiger charge is -2.26. The molecule has 3 heteroatoms. The maximum absolute atomic E-state index is 5.88. The van der Waals surface area contributed by atoms with Gasteiger partial charge in [0.05, 0.1) is 0 Å². The van der Waals surface area contributed by atoms with Crippen molar-refractivity contribution >= 4 is 5.84 Å². The molecule has 0 fully saturated rings. The molecule has 20 heavy (non-hydrogen) atoms. The van der Waals surface area contributed by atoms with Crippen LogP contribution in [-0.2, 0) is 0 Å². The number of nitrogens with zero attached hydrogens (tertiary/aromatic N) is 2. The fourth-order valence-electron chi connectivity index (χ4n) is 2.04. The Bertz CT molecular complexity index is 492. The maximum Gasteiger partial charge on any atom is 0.194 e. The van der Waals surface area contributed by atoms with Gasteiger partial charge in [0.2, 0.25) is 0 Å². The molecule has 0 bridgehead atoms. The highest BCUT2D eigenvalue weighted by molar-refractivity contribution is 5.83. The second-order valence-corrected chi connectivity index (χ2v) is 4.73. The monoisotopic (exact) mass is 274 g/mol. The van der Waals surface area contributed by atoms with E-state index in [1.165, 1.54) is 11.1 Å². The summed E-state index contributed by atoms with van der Waals surface area (Å²) in [7, 11) is 0. The van der Waals surface area contributed by atoms with Crippen molar-refractivity contribution in [2.45, 2.75) is 41.0 Å². The van der Waals surface area contributed by atoms with Gasteiger partial charge in [0.1, 0.15) is 11.6 Å². The van der Waals surface area contributed by atoms with E-state index in [1.807, 2.05) is 24.0 Å². The third-order valence-electron chi connectivity index (χ3n) is 3.30. The molecule has 1 aromatic carbocycles. The van der Waals surface area contributed by atoms with Gasteiger partial charge < -0.3 is 9.64 Å². The van der Waals surface area contributed by atoms with Crippen LogP contribution in [0.15, 0.2) is 35.7 Å². The SMILES string of the molecule is C=C(Oc1ccc(C)c(C)c1)N(CC)C(CC)=NCC. The van der Waals surface area contributed by atoms with Crippen LogP contribution >= 0.6 is 0 Å². The molecule has 0 aliphatic rings. The topological polar surface area (TPSA) is 24.8 Å². The average molecular weight is 274 g/mol. The van der Waals surface area contributed by atoms with Crippen molar-refractivity contribution in [1.29, 1.82) is 0 Å². The van der Waals surface area contributed by atoms with Crippen molar-refractivity contribution in [3.63, 3.8) is 0 Å². The van der Waals surface area contributed by atoms with E-state index in [2.05, 4.69) is 45.3 Å². The summed E-state index contributed by atoms with van der Waals surface area (Å²) in [5.74, 6) is 2.47. The van der Waals surface area contributed by atoms with Crippen LogP contribution in [0.1, 0.15) is 38.3 Å². The van der Waals surface area contributed by atoms with Crippen LogP contribution in [0.4, 0.5) is 0 Å². The Morgan fingerprint density at radius 2 is 1.90 bits per heavy atom. The average Bonchev–Trinajstić information content (AvgIpc) is 2.42. The van der Waals surface area contributed by atoms with Gasteiger partial charge in [-0.3, -0.25) is 4.99 Å². The Morgan fingerprint density at radius 3 is 2.40 bits per heavy atom. The number of rotatable bonds is 6. The summed E-state index contributed by atoms with van der Waals surface area (Å²) in [4.78, 5) is 6.54. The first-order valence-corrected chi connectivity index (χ1v) is 7.28. The molecule has 110 valence electrons. The Labute approximate surface area is 123 Å². The van der Waals surface area contributed by atoms with Gasteiger partial charge in [-0.25, -0.2) is 0 Å². The van der Waals surface area contributed by atoms with E-state index >= 15 is 0 Å². The highest BCUT2D eigenvalue weighted by Gasteiger charge is 2.13. The smallest absolute Gasteiger partial charge is 0.194 e. The second-order valence-electron chi connectivity index (χ2n) is 4.73. The van der Waals surface area contributed by atoms with E-state index in [1.54, 1.807) is 0 Å². The number of hydrogen-bond acceptors (Lipinski definition) is 2. The van der Waals surface area contributed by atoms with E-state index in [-0.39, 0.29) is 0 Å². The number of aryl methyl sites for hydroxylation is 2. The highest BCUT2D eigenvalue weighted by Crippen LogP contribution is 2.20. The molecule has 0 unspecified atom stereocenters. The molecular weight excluding hydrogens is 248 g/mol. The molecule has 1 aromatic rings. The van der Waals surface area contributed by atoms with Gasteiger partial charge in [0.15, 0.2) is 5.88 Å². The van der Waals surface area contributed by atoms with Crippen LogP contribution in [-0.4, -0.2) is 23.8 Å². The van der Waals surface area contributed by atoms with Crippen LogP contribution in [0.25, 0.3) is 0 Å². The predicted molar refractivity (Wildman–Crippen MR) is 86.3 cm³/mol. The Balaban J connectivity index is 2.86. The summed E-state index contributed by atoms with van der Waals surface area (Å²) in [6, 6.07) is 6.08. The molecule has 0 amide bonds. The third-order valence-corrected chi connectivity index (χ3v) is 3.30. The number of hydrogen-bond donors (Lipinski definition) is 0. The summed E-state index contributed by atoms with van der Waals surface area (Å²) >= 11 is 0. The minimum atomic E-state index is 0.629.